The molecule has 0 amide bonds. The Balaban J connectivity index is 2.67. The van der Waals surface area contributed by atoms with Crippen molar-refractivity contribution in [2.24, 2.45) is 5.92 Å². The van der Waals surface area contributed by atoms with E-state index in [1.165, 1.54) is 16.7 Å². The molecule has 1 atom stereocenters. The van der Waals surface area contributed by atoms with Crippen LogP contribution < -0.4 is 5.32 Å². The molecule has 0 aliphatic heterocycles. The smallest absolute Gasteiger partial charge is 0.304 e. The Labute approximate surface area is 122 Å². The highest BCUT2D eigenvalue weighted by atomic mass is 16.4. The number of carboxylic acids is 1. The normalized spacial score (nSPS) is 12.7. The molecule has 1 aromatic carbocycles. The van der Waals surface area contributed by atoms with E-state index in [9.17, 15) is 4.79 Å². The number of carbonyl (C=O) groups is 1. The third kappa shape index (κ3) is 6.20. The van der Waals surface area contributed by atoms with Crippen molar-refractivity contribution in [3.8, 4) is 0 Å². The number of nitrogens with one attached hydrogen (secondary N) is 1. The zero-order chi connectivity index (χ0) is 15.1. The topological polar surface area (TPSA) is 49.3 Å². The van der Waals surface area contributed by atoms with E-state index in [-0.39, 0.29) is 12.5 Å². The molecule has 1 aromatic rings. The van der Waals surface area contributed by atoms with Crippen LogP contribution in [0, 0.1) is 19.8 Å². The molecule has 0 fully saturated rings. The van der Waals surface area contributed by atoms with Crippen LogP contribution in [0.1, 0.15) is 43.4 Å². The van der Waals surface area contributed by atoms with Crippen molar-refractivity contribution in [1.82, 2.24) is 5.32 Å². The van der Waals surface area contributed by atoms with E-state index in [1.807, 2.05) is 0 Å². The molecule has 0 radical (unpaired) electrons. The SMILES string of the molecule is Cc1ccc(C)c(CC(CC(=O)O)NCCC(C)C)c1. The highest BCUT2D eigenvalue weighted by Crippen LogP contribution is 2.14. The van der Waals surface area contributed by atoms with Gasteiger partial charge in [-0.3, -0.25) is 4.79 Å². The number of hydrogen-bond donors (Lipinski definition) is 2. The third-order valence-electron chi connectivity index (χ3n) is 3.55. The van der Waals surface area contributed by atoms with Crippen molar-refractivity contribution < 1.29 is 9.90 Å². The van der Waals surface area contributed by atoms with Crippen molar-refractivity contribution in [3.05, 3.63) is 34.9 Å². The van der Waals surface area contributed by atoms with Gasteiger partial charge >= 0.3 is 5.97 Å². The van der Waals surface area contributed by atoms with Gasteiger partial charge in [0.2, 0.25) is 0 Å². The maximum atomic E-state index is 11.0. The second-order valence-corrected chi connectivity index (χ2v) is 6.07. The van der Waals surface area contributed by atoms with Crippen molar-refractivity contribution in [2.45, 2.75) is 53.0 Å². The molecule has 0 heterocycles. The van der Waals surface area contributed by atoms with Gasteiger partial charge in [-0.2, -0.15) is 0 Å². The minimum atomic E-state index is -0.739. The van der Waals surface area contributed by atoms with Crippen molar-refractivity contribution in [2.75, 3.05) is 6.54 Å². The summed E-state index contributed by atoms with van der Waals surface area (Å²) in [4.78, 5) is 11.0. The van der Waals surface area contributed by atoms with Gasteiger partial charge in [0.25, 0.3) is 0 Å². The molecule has 0 saturated carbocycles. The average Bonchev–Trinajstić information content (AvgIpc) is 2.32. The van der Waals surface area contributed by atoms with E-state index in [0.717, 1.165) is 19.4 Å². The molecule has 1 rings (SSSR count). The Morgan fingerprint density at radius 3 is 2.60 bits per heavy atom. The minimum Gasteiger partial charge on any atom is -0.481 e. The molecule has 0 saturated heterocycles. The number of benzene rings is 1. The summed E-state index contributed by atoms with van der Waals surface area (Å²) in [6.07, 6.45) is 2.02. The lowest BCUT2D eigenvalue weighted by atomic mass is 9.97. The standard InChI is InChI=1S/C17H27NO2/c1-12(2)7-8-18-16(11-17(19)20)10-15-9-13(3)5-6-14(15)4/h5-6,9,12,16,18H,7-8,10-11H2,1-4H3,(H,19,20). The maximum absolute atomic E-state index is 11.0. The first kappa shape index (κ1) is 16.7. The average molecular weight is 277 g/mol. The summed E-state index contributed by atoms with van der Waals surface area (Å²) in [5.74, 6) is -0.106. The number of rotatable bonds is 8. The van der Waals surface area contributed by atoms with E-state index in [2.05, 4.69) is 51.2 Å². The molecule has 112 valence electrons. The molecule has 20 heavy (non-hydrogen) atoms. The predicted octanol–water partition coefficient (Wildman–Crippen LogP) is 3.32. The highest BCUT2D eigenvalue weighted by Gasteiger charge is 2.14. The van der Waals surface area contributed by atoms with Crippen LogP contribution in [0.4, 0.5) is 0 Å². The molecule has 0 bridgehead atoms. The Hall–Kier alpha value is -1.35. The van der Waals surface area contributed by atoms with E-state index in [1.54, 1.807) is 0 Å². The van der Waals surface area contributed by atoms with Gasteiger partial charge < -0.3 is 10.4 Å². The van der Waals surface area contributed by atoms with Gasteiger partial charge in [-0.25, -0.2) is 0 Å². The van der Waals surface area contributed by atoms with Crippen LogP contribution in [0.25, 0.3) is 0 Å². The molecule has 0 aromatic heterocycles. The largest absolute Gasteiger partial charge is 0.481 e. The van der Waals surface area contributed by atoms with Crippen LogP contribution in [0.2, 0.25) is 0 Å². The molecule has 0 aliphatic rings. The van der Waals surface area contributed by atoms with Crippen LogP contribution >= 0.6 is 0 Å². The molecule has 3 nitrogen and oxygen atoms in total. The first-order valence-corrected chi connectivity index (χ1v) is 7.39. The number of hydrogen-bond acceptors (Lipinski definition) is 2. The second-order valence-electron chi connectivity index (χ2n) is 6.07. The summed E-state index contributed by atoms with van der Waals surface area (Å²) >= 11 is 0. The molecule has 0 aliphatic carbocycles. The molecule has 0 spiro atoms. The zero-order valence-electron chi connectivity index (χ0n) is 13.1. The van der Waals surface area contributed by atoms with Crippen LogP contribution in [0.15, 0.2) is 18.2 Å². The number of aliphatic carboxylic acids is 1. The first-order valence-electron chi connectivity index (χ1n) is 7.39. The van der Waals surface area contributed by atoms with Gasteiger partial charge in [0.05, 0.1) is 6.42 Å². The molecule has 3 heteroatoms. The van der Waals surface area contributed by atoms with Crippen LogP contribution in [0.5, 0.6) is 0 Å². The maximum Gasteiger partial charge on any atom is 0.304 e. The Kier molecular flexibility index (Phi) is 6.73. The third-order valence-corrected chi connectivity index (χ3v) is 3.55. The summed E-state index contributed by atoms with van der Waals surface area (Å²) in [5, 5.41) is 12.5. The zero-order valence-corrected chi connectivity index (χ0v) is 13.1. The lowest BCUT2D eigenvalue weighted by Crippen LogP contribution is -2.34. The molecule has 1 unspecified atom stereocenters. The van der Waals surface area contributed by atoms with Gasteiger partial charge in [0.15, 0.2) is 0 Å². The monoisotopic (exact) mass is 277 g/mol. The summed E-state index contributed by atoms with van der Waals surface area (Å²) in [5.41, 5.74) is 3.70. The fourth-order valence-electron chi connectivity index (χ4n) is 2.29. The van der Waals surface area contributed by atoms with Gasteiger partial charge in [0.1, 0.15) is 0 Å². The summed E-state index contributed by atoms with van der Waals surface area (Å²) < 4.78 is 0. The number of carboxylic acid groups (broad SMARTS) is 1. The minimum absolute atomic E-state index is 0.00625. The van der Waals surface area contributed by atoms with Gasteiger partial charge in [-0.1, -0.05) is 37.6 Å². The van der Waals surface area contributed by atoms with Crippen molar-refractivity contribution >= 4 is 5.97 Å². The van der Waals surface area contributed by atoms with Crippen LogP contribution in [-0.2, 0) is 11.2 Å². The number of aryl methyl sites for hydroxylation is 2. The summed E-state index contributed by atoms with van der Waals surface area (Å²) in [7, 11) is 0. The highest BCUT2D eigenvalue weighted by molar-refractivity contribution is 5.67. The van der Waals surface area contributed by atoms with E-state index >= 15 is 0 Å². The lowest BCUT2D eigenvalue weighted by molar-refractivity contribution is -0.137. The molecular formula is C17H27NO2. The van der Waals surface area contributed by atoms with Gasteiger partial charge in [-0.15, -0.1) is 0 Å². The van der Waals surface area contributed by atoms with Crippen molar-refractivity contribution in [1.29, 1.82) is 0 Å². The van der Waals surface area contributed by atoms with E-state index < -0.39 is 5.97 Å². The van der Waals surface area contributed by atoms with Crippen LogP contribution in [-0.4, -0.2) is 23.7 Å². The molecular weight excluding hydrogens is 250 g/mol. The van der Waals surface area contributed by atoms with Crippen molar-refractivity contribution in [3.63, 3.8) is 0 Å². The predicted molar refractivity (Wildman–Crippen MR) is 83.1 cm³/mol. The fraction of sp³-hybridized carbons (Fsp3) is 0.588. The quantitative estimate of drug-likeness (QED) is 0.766. The first-order chi connectivity index (χ1) is 9.38. The fourth-order valence-corrected chi connectivity index (χ4v) is 2.29. The Morgan fingerprint density at radius 1 is 1.30 bits per heavy atom. The summed E-state index contributed by atoms with van der Waals surface area (Å²) in [6, 6.07) is 6.37. The Morgan fingerprint density at radius 2 is 2.00 bits per heavy atom. The van der Waals surface area contributed by atoms with E-state index in [4.69, 9.17) is 5.11 Å². The van der Waals surface area contributed by atoms with Crippen LogP contribution in [0.3, 0.4) is 0 Å². The molecule has 2 N–H and O–H groups in total. The van der Waals surface area contributed by atoms with Gasteiger partial charge in [-0.05, 0) is 50.3 Å². The summed E-state index contributed by atoms with van der Waals surface area (Å²) in [6.45, 7) is 9.39. The van der Waals surface area contributed by atoms with Gasteiger partial charge in [0, 0.05) is 6.04 Å². The van der Waals surface area contributed by atoms with E-state index in [0.29, 0.717) is 5.92 Å². The lowest BCUT2D eigenvalue weighted by Gasteiger charge is -2.19. The second kappa shape index (κ2) is 8.05. The Bertz CT molecular complexity index is 441.